The average Bonchev–Trinajstić information content (AvgIpc) is 2.39. The van der Waals surface area contributed by atoms with Crippen LogP contribution >= 0.6 is 0 Å². The van der Waals surface area contributed by atoms with Crippen LogP contribution in [-0.4, -0.2) is 25.9 Å². The number of rotatable bonds is 5. The maximum absolute atomic E-state index is 5.84. The first-order valence-electron chi connectivity index (χ1n) is 6.08. The molecule has 17 heavy (non-hydrogen) atoms. The molecule has 0 bridgehead atoms. The van der Waals surface area contributed by atoms with Crippen molar-refractivity contribution in [1.29, 1.82) is 0 Å². The van der Waals surface area contributed by atoms with Crippen LogP contribution in [0.1, 0.15) is 19.8 Å². The Morgan fingerprint density at radius 2 is 2.18 bits per heavy atom. The normalized spacial score (nSPS) is 15.4. The summed E-state index contributed by atoms with van der Waals surface area (Å²) in [6.07, 6.45) is 1.82. The van der Waals surface area contributed by atoms with Gasteiger partial charge in [-0.15, -0.1) is 0 Å². The van der Waals surface area contributed by atoms with Crippen LogP contribution in [0.5, 0.6) is 17.2 Å². The van der Waals surface area contributed by atoms with Crippen LogP contribution in [0.4, 0.5) is 0 Å². The Morgan fingerprint density at radius 1 is 1.35 bits per heavy atom. The van der Waals surface area contributed by atoms with Crippen molar-refractivity contribution < 1.29 is 14.2 Å². The summed E-state index contributed by atoms with van der Waals surface area (Å²) >= 11 is 0. The van der Waals surface area contributed by atoms with E-state index in [9.17, 15) is 0 Å². The van der Waals surface area contributed by atoms with E-state index in [1.54, 1.807) is 0 Å². The Kier molecular flexibility index (Phi) is 4.09. The van der Waals surface area contributed by atoms with Crippen LogP contribution in [0.3, 0.4) is 0 Å². The molecule has 1 unspecified atom stereocenters. The fraction of sp³-hybridized carbons (Fsp3) is 0.538. The van der Waals surface area contributed by atoms with Crippen LogP contribution in [0, 0.1) is 0 Å². The quantitative estimate of drug-likeness (QED) is 0.850. The lowest BCUT2D eigenvalue weighted by molar-refractivity contribution is 0.161. The molecule has 0 aromatic heterocycles. The highest BCUT2D eigenvalue weighted by Gasteiger charge is 2.16. The molecule has 1 heterocycles. The molecular weight excluding hydrogens is 218 g/mol. The summed E-state index contributed by atoms with van der Waals surface area (Å²) in [5.74, 6) is 2.21. The van der Waals surface area contributed by atoms with Crippen LogP contribution < -0.4 is 19.9 Å². The molecule has 94 valence electrons. The van der Waals surface area contributed by atoms with Crippen molar-refractivity contribution in [3.8, 4) is 17.2 Å². The molecule has 0 fully saturated rings. The molecule has 0 amide bonds. The summed E-state index contributed by atoms with van der Waals surface area (Å²) in [7, 11) is 0. The SMILES string of the molecule is CCC(N)CCOc1cccc2c1OCCO2. The highest BCUT2D eigenvalue weighted by molar-refractivity contribution is 5.51. The maximum Gasteiger partial charge on any atom is 0.203 e. The molecule has 0 radical (unpaired) electrons. The number of benzene rings is 1. The lowest BCUT2D eigenvalue weighted by atomic mass is 10.2. The van der Waals surface area contributed by atoms with E-state index in [2.05, 4.69) is 6.92 Å². The van der Waals surface area contributed by atoms with E-state index in [0.29, 0.717) is 25.6 Å². The summed E-state index contributed by atoms with van der Waals surface area (Å²) in [4.78, 5) is 0. The van der Waals surface area contributed by atoms with Crippen LogP contribution in [0.25, 0.3) is 0 Å². The Morgan fingerprint density at radius 3 is 3.00 bits per heavy atom. The third-order valence-corrected chi connectivity index (χ3v) is 2.80. The van der Waals surface area contributed by atoms with Gasteiger partial charge in [-0.3, -0.25) is 0 Å². The number of nitrogens with two attached hydrogens (primary N) is 1. The third kappa shape index (κ3) is 3.03. The van der Waals surface area contributed by atoms with E-state index in [-0.39, 0.29) is 6.04 Å². The van der Waals surface area contributed by atoms with Gasteiger partial charge in [-0.25, -0.2) is 0 Å². The second-order valence-electron chi connectivity index (χ2n) is 4.09. The molecule has 0 aliphatic carbocycles. The number of ether oxygens (including phenoxy) is 3. The number of hydrogen-bond donors (Lipinski definition) is 1. The predicted molar refractivity (Wildman–Crippen MR) is 65.8 cm³/mol. The standard InChI is InChI=1S/C13H19NO3/c1-2-10(14)6-7-15-11-4-3-5-12-13(11)17-9-8-16-12/h3-5,10H,2,6-9,14H2,1H3. The van der Waals surface area contributed by atoms with Crippen molar-refractivity contribution in [1.82, 2.24) is 0 Å². The average molecular weight is 237 g/mol. The first kappa shape index (κ1) is 12.0. The number of hydrogen-bond acceptors (Lipinski definition) is 4. The first-order chi connectivity index (χ1) is 8.31. The highest BCUT2D eigenvalue weighted by atomic mass is 16.6. The zero-order valence-electron chi connectivity index (χ0n) is 10.1. The zero-order valence-corrected chi connectivity index (χ0v) is 10.1. The van der Waals surface area contributed by atoms with E-state index < -0.39 is 0 Å². The van der Waals surface area contributed by atoms with Gasteiger partial charge in [0.2, 0.25) is 5.75 Å². The molecule has 2 N–H and O–H groups in total. The minimum absolute atomic E-state index is 0.201. The fourth-order valence-corrected chi connectivity index (χ4v) is 1.69. The van der Waals surface area contributed by atoms with Crippen molar-refractivity contribution in [2.24, 2.45) is 5.73 Å². The smallest absolute Gasteiger partial charge is 0.203 e. The first-order valence-corrected chi connectivity index (χ1v) is 6.08. The van der Waals surface area contributed by atoms with Gasteiger partial charge in [-0.2, -0.15) is 0 Å². The highest BCUT2D eigenvalue weighted by Crippen LogP contribution is 2.38. The van der Waals surface area contributed by atoms with Gasteiger partial charge in [0.05, 0.1) is 6.61 Å². The Labute approximate surface area is 102 Å². The molecule has 1 aromatic rings. The van der Waals surface area contributed by atoms with E-state index in [4.69, 9.17) is 19.9 Å². The maximum atomic E-state index is 5.84. The molecule has 1 aromatic carbocycles. The summed E-state index contributed by atoms with van der Waals surface area (Å²) in [6, 6.07) is 5.89. The van der Waals surface area contributed by atoms with E-state index in [1.807, 2.05) is 18.2 Å². The molecule has 0 spiro atoms. The molecule has 4 heteroatoms. The van der Waals surface area contributed by atoms with Crippen LogP contribution in [0.15, 0.2) is 18.2 Å². The van der Waals surface area contributed by atoms with Crippen molar-refractivity contribution in [3.05, 3.63) is 18.2 Å². The Bertz CT molecular complexity index is 368. The van der Waals surface area contributed by atoms with Crippen molar-refractivity contribution in [3.63, 3.8) is 0 Å². The molecule has 0 saturated heterocycles. The monoisotopic (exact) mass is 237 g/mol. The lowest BCUT2D eigenvalue weighted by Gasteiger charge is -2.21. The molecule has 1 aliphatic rings. The van der Waals surface area contributed by atoms with Crippen molar-refractivity contribution in [2.45, 2.75) is 25.8 Å². The summed E-state index contributed by atoms with van der Waals surface area (Å²) in [6.45, 7) is 3.85. The zero-order chi connectivity index (χ0) is 12.1. The summed E-state index contributed by atoms with van der Waals surface area (Å²) in [5, 5.41) is 0. The van der Waals surface area contributed by atoms with Gasteiger partial charge in [-0.05, 0) is 25.0 Å². The Balaban J connectivity index is 1.96. The minimum atomic E-state index is 0.201. The number of fused-ring (bicyclic) bond motifs is 1. The minimum Gasteiger partial charge on any atom is -0.489 e. The van der Waals surface area contributed by atoms with E-state index in [0.717, 1.165) is 24.3 Å². The van der Waals surface area contributed by atoms with Gasteiger partial charge in [0.1, 0.15) is 13.2 Å². The van der Waals surface area contributed by atoms with E-state index >= 15 is 0 Å². The molecule has 4 nitrogen and oxygen atoms in total. The fourth-order valence-electron chi connectivity index (χ4n) is 1.69. The molecular formula is C13H19NO3. The second kappa shape index (κ2) is 5.77. The Hall–Kier alpha value is -1.42. The topological polar surface area (TPSA) is 53.7 Å². The van der Waals surface area contributed by atoms with Gasteiger partial charge in [0.25, 0.3) is 0 Å². The predicted octanol–water partition coefficient (Wildman–Crippen LogP) is 1.96. The molecule has 0 saturated carbocycles. The molecule has 2 rings (SSSR count). The molecule has 1 aliphatic heterocycles. The van der Waals surface area contributed by atoms with Gasteiger partial charge < -0.3 is 19.9 Å². The van der Waals surface area contributed by atoms with Crippen molar-refractivity contribution in [2.75, 3.05) is 19.8 Å². The molecule has 1 atom stereocenters. The van der Waals surface area contributed by atoms with Gasteiger partial charge >= 0.3 is 0 Å². The van der Waals surface area contributed by atoms with E-state index in [1.165, 1.54) is 0 Å². The number of para-hydroxylation sites is 1. The lowest BCUT2D eigenvalue weighted by Crippen LogP contribution is -2.21. The van der Waals surface area contributed by atoms with Gasteiger partial charge in [-0.1, -0.05) is 13.0 Å². The van der Waals surface area contributed by atoms with Crippen molar-refractivity contribution >= 4 is 0 Å². The second-order valence-corrected chi connectivity index (χ2v) is 4.09. The van der Waals surface area contributed by atoms with Gasteiger partial charge in [0.15, 0.2) is 11.5 Å². The van der Waals surface area contributed by atoms with Crippen LogP contribution in [-0.2, 0) is 0 Å². The largest absolute Gasteiger partial charge is 0.489 e. The summed E-state index contributed by atoms with van der Waals surface area (Å²) < 4.78 is 16.7. The third-order valence-electron chi connectivity index (χ3n) is 2.80. The van der Waals surface area contributed by atoms with Crippen LogP contribution in [0.2, 0.25) is 0 Å². The summed E-state index contributed by atoms with van der Waals surface area (Å²) in [5.41, 5.74) is 5.84. The van der Waals surface area contributed by atoms with Gasteiger partial charge in [0, 0.05) is 6.04 Å².